The number of benzene rings is 1. The maximum atomic E-state index is 11.8. The standard InChI is InChI=1S/C16H16N2O3/c19-13-10-12(16(20-13)8-4-5-9-16)15-17-14(18-21-15)11-6-2-1-3-7-11/h1-3,6-7,12H,4-5,8-10H2. The fraction of sp³-hybridized carbons (Fsp3) is 0.438. The molecule has 1 aliphatic heterocycles. The first-order chi connectivity index (χ1) is 10.3. The summed E-state index contributed by atoms with van der Waals surface area (Å²) in [5.41, 5.74) is 0.510. The summed E-state index contributed by atoms with van der Waals surface area (Å²) in [6.45, 7) is 0. The zero-order valence-corrected chi connectivity index (χ0v) is 11.6. The SMILES string of the molecule is O=C1CC(c2nc(-c3ccccc3)no2)C2(CCCC2)O1. The lowest BCUT2D eigenvalue weighted by molar-refractivity contribution is -0.148. The zero-order valence-electron chi connectivity index (χ0n) is 11.6. The molecule has 1 spiro atoms. The van der Waals surface area contributed by atoms with Gasteiger partial charge in [0.15, 0.2) is 0 Å². The van der Waals surface area contributed by atoms with E-state index in [1.165, 1.54) is 0 Å². The number of aromatic nitrogens is 2. The van der Waals surface area contributed by atoms with Gasteiger partial charge in [-0.25, -0.2) is 0 Å². The van der Waals surface area contributed by atoms with E-state index in [4.69, 9.17) is 9.26 Å². The minimum Gasteiger partial charge on any atom is -0.458 e. The molecule has 1 saturated heterocycles. The van der Waals surface area contributed by atoms with Gasteiger partial charge in [-0.2, -0.15) is 4.98 Å². The van der Waals surface area contributed by atoms with Crippen LogP contribution in [-0.2, 0) is 9.53 Å². The second kappa shape index (κ2) is 4.69. The normalized spacial score (nSPS) is 23.6. The Morgan fingerprint density at radius 3 is 2.67 bits per heavy atom. The van der Waals surface area contributed by atoms with Crippen molar-refractivity contribution in [2.75, 3.05) is 0 Å². The minimum absolute atomic E-state index is 0.0996. The monoisotopic (exact) mass is 284 g/mol. The van der Waals surface area contributed by atoms with Gasteiger partial charge >= 0.3 is 5.97 Å². The lowest BCUT2D eigenvalue weighted by atomic mass is 9.85. The highest BCUT2D eigenvalue weighted by molar-refractivity contribution is 5.74. The smallest absolute Gasteiger partial charge is 0.307 e. The van der Waals surface area contributed by atoms with Crippen LogP contribution in [0.5, 0.6) is 0 Å². The van der Waals surface area contributed by atoms with E-state index < -0.39 is 5.60 Å². The fourth-order valence-corrected chi connectivity index (χ4v) is 3.51. The van der Waals surface area contributed by atoms with Crippen molar-refractivity contribution in [1.29, 1.82) is 0 Å². The Bertz CT molecular complexity index is 659. The molecule has 5 heteroatoms. The molecule has 0 amide bonds. The van der Waals surface area contributed by atoms with Crippen LogP contribution in [0.15, 0.2) is 34.9 Å². The maximum absolute atomic E-state index is 11.8. The molecule has 0 radical (unpaired) electrons. The first-order valence-electron chi connectivity index (χ1n) is 7.38. The fourth-order valence-electron chi connectivity index (χ4n) is 3.51. The van der Waals surface area contributed by atoms with Crippen LogP contribution in [0, 0.1) is 0 Å². The third-order valence-electron chi connectivity index (χ3n) is 4.54. The van der Waals surface area contributed by atoms with Crippen molar-refractivity contribution in [3.8, 4) is 11.4 Å². The highest BCUT2D eigenvalue weighted by Gasteiger charge is 2.53. The number of carbonyl (C=O) groups excluding carboxylic acids is 1. The Morgan fingerprint density at radius 1 is 1.14 bits per heavy atom. The molecule has 1 aromatic heterocycles. The molecule has 21 heavy (non-hydrogen) atoms. The van der Waals surface area contributed by atoms with Crippen molar-refractivity contribution in [2.45, 2.75) is 43.6 Å². The molecule has 1 unspecified atom stereocenters. The molecule has 1 aliphatic carbocycles. The molecule has 5 nitrogen and oxygen atoms in total. The molecule has 2 fully saturated rings. The summed E-state index contributed by atoms with van der Waals surface area (Å²) in [6, 6.07) is 9.70. The third-order valence-corrected chi connectivity index (χ3v) is 4.54. The average molecular weight is 284 g/mol. The van der Waals surface area contributed by atoms with E-state index >= 15 is 0 Å². The molecule has 0 N–H and O–H groups in total. The molecule has 0 bridgehead atoms. The molecular formula is C16H16N2O3. The van der Waals surface area contributed by atoms with E-state index in [0.717, 1.165) is 31.2 Å². The Kier molecular flexibility index (Phi) is 2.80. The second-order valence-corrected chi connectivity index (χ2v) is 5.82. The third kappa shape index (κ3) is 2.04. The Balaban J connectivity index is 1.67. The van der Waals surface area contributed by atoms with E-state index in [9.17, 15) is 4.79 Å². The van der Waals surface area contributed by atoms with E-state index in [0.29, 0.717) is 18.1 Å². The van der Waals surface area contributed by atoms with Gasteiger partial charge in [0.25, 0.3) is 0 Å². The van der Waals surface area contributed by atoms with E-state index in [1.54, 1.807) is 0 Å². The summed E-state index contributed by atoms with van der Waals surface area (Å²) >= 11 is 0. The zero-order chi connectivity index (χ0) is 14.3. The van der Waals surface area contributed by atoms with Crippen molar-refractivity contribution in [3.63, 3.8) is 0 Å². The topological polar surface area (TPSA) is 65.2 Å². The van der Waals surface area contributed by atoms with Crippen molar-refractivity contribution in [3.05, 3.63) is 36.2 Å². The molecule has 1 atom stereocenters. The first-order valence-corrected chi connectivity index (χ1v) is 7.38. The van der Waals surface area contributed by atoms with Crippen LogP contribution >= 0.6 is 0 Å². The van der Waals surface area contributed by atoms with Gasteiger partial charge in [-0.15, -0.1) is 0 Å². The Hall–Kier alpha value is -2.17. The van der Waals surface area contributed by atoms with E-state index in [1.807, 2.05) is 30.3 Å². The maximum Gasteiger partial charge on any atom is 0.307 e. The molecular weight excluding hydrogens is 268 g/mol. The highest BCUT2D eigenvalue weighted by Crippen LogP contribution is 2.50. The summed E-state index contributed by atoms with van der Waals surface area (Å²) in [4.78, 5) is 16.3. The van der Waals surface area contributed by atoms with Crippen molar-refractivity contribution < 1.29 is 14.1 Å². The molecule has 2 heterocycles. The molecule has 108 valence electrons. The van der Waals surface area contributed by atoms with Gasteiger partial charge in [-0.05, 0) is 25.7 Å². The van der Waals surface area contributed by atoms with Crippen LogP contribution in [0.2, 0.25) is 0 Å². The van der Waals surface area contributed by atoms with E-state index in [2.05, 4.69) is 10.1 Å². The van der Waals surface area contributed by atoms with Gasteiger partial charge in [0, 0.05) is 5.56 Å². The average Bonchev–Trinajstić information content (AvgIpc) is 3.21. The van der Waals surface area contributed by atoms with Gasteiger partial charge in [0.1, 0.15) is 5.60 Å². The largest absolute Gasteiger partial charge is 0.458 e. The molecule has 2 aliphatic rings. The Labute approximate surface area is 122 Å². The predicted octanol–water partition coefficient (Wildman–Crippen LogP) is 3.08. The number of hydrogen-bond acceptors (Lipinski definition) is 5. The van der Waals surface area contributed by atoms with Crippen LogP contribution in [-0.4, -0.2) is 21.7 Å². The van der Waals surface area contributed by atoms with Crippen molar-refractivity contribution in [2.24, 2.45) is 0 Å². The number of carbonyl (C=O) groups is 1. The van der Waals surface area contributed by atoms with Crippen LogP contribution in [0.1, 0.15) is 43.9 Å². The summed E-state index contributed by atoms with van der Waals surface area (Å²) in [5, 5.41) is 4.06. The van der Waals surface area contributed by atoms with Crippen LogP contribution in [0.3, 0.4) is 0 Å². The van der Waals surface area contributed by atoms with Gasteiger partial charge < -0.3 is 9.26 Å². The van der Waals surface area contributed by atoms with Gasteiger partial charge in [0.2, 0.25) is 11.7 Å². The number of ether oxygens (including phenoxy) is 1. The summed E-state index contributed by atoms with van der Waals surface area (Å²) in [6.07, 6.45) is 4.31. The van der Waals surface area contributed by atoms with Gasteiger partial charge in [0.05, 0.1) is 12.3 Å². The lowest BCUT2D eigenvalue weighted by Crippen LogP contribution is -2.30. The van der Waals surface area contributed by atoms with Crippen LogP contribution in [0.4, 0.5) is 0 Å². The molecule has 1 aromatic carbocycles. The summed E-state index contributed by atoms with van der Waals surface area (Å²) < 4.78 is 11.1. The quantitative estimate of drug-likeness (QED) is 0.793. The second-order valence-electron chi connectivity index (χ2n) is 5.82. The number of hydrogen-bond donors (Lipinski definition) is 0. The molecule has 2 aromatic rings. The van der Waals surface area contributed by atoms with Crippen LogP contribution < -0.4 is 0 Å². The summed E-state index contributed by atoms with van der Waals surface area (Å²) in [7, 11) is 0. The molecule has 1 saturated carbocycles. The number of nitrogens with zero attached hydrogens (tertiary/aromatic N) is 2. The van der Waals surface area contributed by atoms with Gasteiger partial charge in [-0.1, -0.05) is 35.5 Å². The molecule has 4 rings (SSSR count). The lowest BCUT2D eigenvalue weighted by Gasteiger charge is -2.26. The number of esters is 1. The first kappa shape index (κ1) is 12.6. The highest BCUT2D eigenvalue weighted by atomic mass is 16.6. The van der Waals surface area contributed by atoms with E-state index in [-0.39, 0.29) is 11.9 Å². The van der Waals surface area contributed by atoms with Crippen molar-refractivity contribution >= 4 is 5.97 Å². The van der Waals surface area contributed by atoms with Crippen LogP contribution in [0.25, 0.3) is 11.4 Å². The summed E-state index contributed by atoms with van der Waals surface area (Å²) in [5.74, 6) is 0.846. The minimum atomic E-state index is -0.405. The predicted molar refractivity (Wildman–Crippen MR) is 74.4 cm³/mol. The van der Waals surface area contributed by atoms with Crippen molar-refractivity contribution in [1.82, 2.24) is 10.1 Å². The number of rotatable bonds is 2. The van der Waals surface area contributed by atoms with Gasteiger partial charge in [-0.3, -0.25) is 4.79 Å². The Morgan fingerprint density at radius 2 is 1.90 bits per heavy atom.